The van der Waals surface area contributed by atoms with Crippen LogP contribution in [-0.2, 0) is 0 Å². The summed E-state index contributed by atoms with van der Waals surface area (Å²) in [5, 5.41) is 9.61. The van der Waals surface area contributed by atoms with Gasteiger partial charge >= 0.3 is 0 Å². The number of hydrogen-bond acceptors (Lipinski definition) is 1. The van der Waals surface area contributed by atoms with Crippen LogP contribution in [-0.4, -0.2) is 15.0 Å². The van der Waals surface area contributed by atoms with E-state index in [0.29, 0.717) is 0 Å². The second kappa shape index (κ2) is 4.36. The Morgan fingerprint density at radius 3 is 2.00 bits per heavy atom. The Bertz CT molecular complexity index is 138. The van der Waals surface area contributed by atoms with E-state index in [1.54, 1.807) is 0 Å². The summed E-state index contributed by atoms with van der Waals surface area (Å²) in [5.41, 5.74) is 0. The van der Waals surface area contributed by atoms with Gasteiger partial charge in [0.15, 0.2) is 0 Å². The summed E-state index contributed by atoms with van der Waals surface area (Å²) in [6.07, 6.45) is 4.68. The Morgan fingerprint density at radius 2 is 1.58 bits per heavy atom. The maximum absolute atomic E-state index is 9.61. The third-order valence-corrected chi connectivity index (χ3v) is 3.10. The molecule has 1 saturated carbocycles. The average molecular weight is 232 g/mol. The molecule has 1 atom stereocenters. The Balaban J connectivity index is 2.45. The van der Waals surface area contributed by atoms with Crippen molar-refractivity contribution in [1.82, 2.24) is 0 Å². The predicted octanol–water partition coefficient (Wildman–Crippen LogP) is 3.30. The van der Waals surface area contributed by atoms with E-state index in [1.807, 2.05) is 0 Å². The lowest BCUT2D eigenvalue weighted by Gasteiger charge is -2.30. The van der Waals surface area contributed by atoms with Gasteiger partial charge in [0, 0.05) is 0 Å². The Morgan fingerprint density at radius 1 is 1.08 bits per heavy atom. The van der Waals surface area contributed by atoms with Crippen molar-refractivity contribution >= 4 is 34.8 Å². The molecule has 72 valence electrons. The van der Waals surface area contributed by atoms with Crippen molar-refractivity contribution in [3.05, 3.63) is 0 Å². The summed E-state index contributed by atoms with van der Waals surface area (Å²) in [6, 6.07) is 0. The Hall–Kier alpha value is 0.830. The molecule has 1 N–H and O–H groups in total. The first-order valence-electron chi connectivity index (χ1n) is 4.26. The number of aliphatic hydroxyl groups is 1. The minimum atomic E-state index is -1.51. The summed E-state index contributed by atoms with van der Waals surface area (Å²) in [7, 11) is 0. The van der Waals surface area contributed by atoms with Gasteiger partial charge in [-0.1, -0.05) is 54.1 Å². The van der Waals surface area contributed by atoms with Crippen molar-refractivity contribution in [2.45, 2.75) is 42.0 Å². The first kappa shape index (κ1) is 10.9. The number of rotatable bonds is 1. The fourth-order valence-electron chi connectivity index (χ4n) is 1.72. The normalized spacial score (nSPS) is 24.0. The van der Waals surface area contributed by atoms with Crippen molar-refractivity contribution in [3.63, 3.8) is 0 Å². The van der Waals surface area contributed by atoms with E-state index < -0.39 is 9.90 Å². The SMILES string of the molecule is O[C@H](C1CCCCC1)C(Cl)(Cl)Cl. The first-order chi connectivity index (χ1) is 5.52. The van der Waals surface area contributed by atoms with E-state index >= 15 is 0 Å². The zero-order chi connectivity index (χ0) is 9.19. The van der Waals surface area contributed by atoms with E-state index in [1.165, 1.54) is 6.42 Å². The van der Waals surface area contributed by atoms with E-state index in [9.17, 15) is 5.11 Å². The van der Waals surface area contributed by atoms with Crippen molar-refractivity contribution in [1.29, 1.82) is 0 Å². The molecule has 1 nitrogen and oxygen atoms in total. The summed E-state index contributed by atoms with van der Waals surface area (Å²) < 4.78 is -1.51. The molecule has 1 rings (SSSR count). The molecule has 0 unspecified atom stereocenters. The average Bonchev–Trinajstić information content (AvgIpc) is 2.03. The van der Waals surface area contributed by atoms with E-state index in [-0.39, 0.29) is 5.92 Å². The van der Waals surface area contributed by atoms with Gasteiger partial charge in [-0.3, -0.25) is 0 Å². The van der Waals surface area contributed by atoms with Gasteiger partial charge in [0.1, 0.15) is 6.10 Å². The maximum atomic E-state index is 9.61. The molecule has 0 amide bonds. The van der Waals surface area contributed by atoms with E-state index in [4.69, 9.17) is 34.8 Å². The van der Waals surface area contributed by atoms with Gasteiger partial charge in [-0.25, -0.2) is 0 Å². The van der Waals surface area contributed by atoms with Crippen molar-refractivity contribution in [3.8, 4) is 0 Å². The fourth-order valence-corrected chi connectivity index (χ4v) is 2.25. The predicted molar refractivity (Wildman–Crippen MR) is 52.9 cm³/mol. The molecular formula is C8H13Cl3O. The zero-order valence-corrected chi connectivity index (χ0v) is 9.04. The van der Waals surface area contributed by atoms with Crippen LogP contribution in [0.3, 0.4) is 0 Å². The molecule has 0 radical (unpaired) electrons. The first-order valence-corrected chi connectivity index (χ1v) is 5.40. The molecule has 0 bridgehead atoms. The smallest absolute Gasteiger partial charge is 0.216 e. The second-order valence-electron chi connectivity index (χ2n) is 3.38. The number of aliphatic hydroxyl groups excluding tert-OH is 1. The van der Waals surface area contributed by atoms with Crippen LogP contribution in [0.4, 0.5) is 0 Å². The molecular weight excluding hydrogens is 218 g/mol. The summed E-state index contributed by atoms with van der Waals surface area (Å²) in [5.74, 6) is 0.172. The van der Waals surface area contributed by atoms with Crippen molar-refractivity contribution < 1.29 is 5.11 Å². The lowest BCUT2D eigenvalue weighted by Crippen LogP contribution is -2.34. The van der Waals surface area contributed by atoms with Crippen LogP contribution in [0.2, 0.25) is 0 Å². The van der Waals surface area contributed by atoms with Crippen LogP contribution >= 0.6 is 34.8 Å². The van der Waals surface area contributed by atoms with Crippen LogP contribution in [0, 0.1) is 5.92 Å². The van der Waals surface area contributed by atoms with Crippen molar-refractivity contribution in [2.24, 2.45) is 5.92 Å². The van der Waals surface area contributed by atoms with E-state index in [2.05, 4.69) is 0 Å². The van der Waals surface area contributed by atoms with Crippen LogP contribution in [0.15, 0.2) is 0 Å². The number of alkyl halides is 3. The highest BCUT2D eigenvalue weighted by Gasteiger charge is 2.37. The maximum Gasteiger partial charge on any atom is 0.216 e. The standard InChI is InChI=1S/C8H13Cl3O/c9-8(10,11)7(12)6-4-2-1-3-5-6/h6-7,12H,1-5H2/t7-/m1/s1. The van der Waals surface area contributed by atoms with Crippen LogP contribution in [0.1, 0.15) is 32.1 Å². The molecule has 0 aliphatic heterocycles. The molecule has 0 saturated heterocycles. The van der Waals surface area contributed by atoms with Gasteiger partial charge < -0.3 is 5.11 Å². The third kappa shape index (κ3) is 2.95. The van der Waals surface area contributed by atoms with E-state index in [0.717, 1.165) is 25.7 Å². The largest absolute Gasteiger partial charge is 0.388 e. The van der Waals surface area contributed by atoms with Crippen LogP contribution in [0.25, 0.3) is 0 Å². The highest BCUT2D eigenvalue weighted by Crippen LogP contribution is 2.39. The van der Waals surface area contributed by atoms with Gasteiger partial charge in [0.05, 0.1) is 0 Å². The summed E-state index contributed by atoms with van der Waals surface area (Å²) >= 11 is 16.8. The monoisotopic (exact) mass is 230 g/mol. The molecule has 0 aromatic carbocycles. The third-order valence-electron chi connectivity index (χ3n) is 2.43. The molecule has 1 fully saturated rings. The van der Waals surface area contributed by atoms with Gasteiger partial charge in [-0.2, -0.15) is 0 Å². The number of halogens is 3. The second-order valence-corrected chi connectivity index (χ2v) is 5.75. The Kier molecular flexibility index (Phi) is 3.97. The van der Waals surface area contributed by atoms with Crippen LogP contribution < -0.4 is 0 Å². The molecule has 4 heteroatoms. The van der Waals surface area contributed by atoms with Gasteiger partial charge in [-0.05, 0) is 18.8 Å². The molecule has 1 aliphatic rings. The number of hydrogen-bond donors (Lipinski definition) is 1. The quantitative estimate of drug-likeness (QED) is 0.687. The minimum absolute atomic E-state index is 0.172. The molecule has 0 spiro atoms. The molecule has 0 aromatic heterocycles. The van der Waals surface area contributed by atoms with Gasteiger partial charge in [0.2, 0.25) is 3.79 Å². The molecule has 12 heavy (non-hydrogen) atoms. The molecule has 1 aliphatic carbocycles. The van der Waals surface area contributed by atoms with Gasteiger partial charge in [0.25, 0.3) is 0 Å². The molecule has 0 heterocycles. The fraction of sp³-hybridized carbons (Fsp3) is 1.00. The van der Waals surface area contributed by atoms with Crippen molar-refractivity contribution in [2.75, 3.05) is 0 Å². The lowest BCUT2D eigenvalue weighted by atomic mass is 9.86. The zero-order valence-electron chi connectivity index (χ0n) is 6.77. The topological polar surface area (TPSA) is 20.2 Å². The Labute approximate surface area is 88.0 Å². The van der Waals surface area contributed by atoms with Crippen LogP contribution in [0.5, 0.6) is 0 Å². The lowest BCUT2D eigenvalue weighted by molar-refractivity contribution is 0.0880. The highest BCUT2D eigenvalue weighted by molar-refractivity contribution is 6.68. The highest BCUT2D eigenvalue weighted by atomic mass is 35.6. The summed E-state index contributed by atoms with van der Waals surface area (Å²) in [4.78, 5) is 0. The minimum Gasteiger partial charge on any atom is -0.388 e. The van der Waals surface area contributed by atoms with Gasteiger partial charge in [-0.15, -0.1) is 0 Å². The molecule has 0 aromatic rings. The summed E-state index contributed by atoms with van der Waals surface area (Å²) in [6.45, 7) is 0.